The van der Waals surface area contributed by atoms with Gasteiger partial charge in [-0.3, -0.25) is 0 Å². The first kappa shape index (κ1) is 17.2. The van der Waals surface area contributed by atoms with Crippen LogP contribution in [0.1, 0.15) is 56.9 Å². The zero-order valence-electron chi connectivity index (χ0n) is 14.3. The van der Waals surface area contributed by atoms with Crippen molar-refractivity contribution in [3.05, 3.63) is 23.8 Å². The summed E-state index contributed by atoms with van der Waals surface area (Å²) in [6.45, 7) is 2.98. The molecule has 3 rings (SSSR count). The highest BCUT2D eigenvalue weighted by Gasteiger charge is 2.30. The monoisotopic (exact) mass is 334 g/mol. The number of hydrogen-bond acceptors (Lipinski definition) is 2. The lowest BCUT2D eigenvalue weighted by molar-refractivity contribution is 0.0725. The summed E-state index contributed by atoms with van der Waals surface area (Å²) in [7, 11) is 2.78. The molecule has 2 aliphatic carbocycles. The van der Waals surface area contributed by atoms with E-state index in [0.717, 1.165) is 37.0 Å². The molecule has 2 aliphatic rings. The Kier molecular flexibility index (Phi) is 5.99. The average Bonchev–Trinajstić information content (AvgIpc) is 2.55. The van der Waals surface area contributed by atoms with Crippen molar-refractivity contribution < 1.29 is 9.84 Å². The van der Waals surface area contributed by atoms with Crippen molar-refractivity contribution in [2.45, 2.75) is 64.4 Å². The Balaban J connectivity index is 1.42. The lowest BCUT2D eigenvalue weighted by Gasteiger charge is -2.36. The van der Waals surface area contributed by atoms with E-state index in [2.05, 4.69) is 34.4 Å². The second-order valence-electron chi connectivity index (χ2n) is 7.70. The summed E-state index contributed by atoms with van der Waals surface area (Å²) in [4.78, 5) is 0. The van der Waals surface area contributed by atoms with Gasteiger partial charge in [-0.25, -0.2) is 0 Å². The highest BCUT2D eigenvalue weighted by molar-refractivity contribution is 7.27. The minimum atomic E-state index is -0.0217. The number of aryl methyl sites for hydroxylation is 1. The molecule has 0 bridgehead atoms. The Labute approximate surface area is 143 Å². The molecule has 2 nitrogen and oxygen atoms in total. The molecule has 1 aromatic carbocycles. The Hall–Kier alpha value is -0.590. The van der Waals surface area contributed by atoms with Crippen LogP contribution in [0.25, 0.3) is 0 Å². The van der Waals surface area contributed by atoms with E-state index in [0.29, 0.717) is 5.92 Å². The van der Waals surface area contributed by atoms with Gasteiger partial charge in [-0.15, -0.1) is 9.24 Å². The quantitative estimate of drug-likeness (QED) is 0.835. The third-order valence-corrected chi connectivity index (χ3v) is 6.39. The fourth-order valence-electron chi connectivity index (χ4n) is 4.41. The molecule has 0 saturated heterocycles. The topological polar surface area (TPSA) is 29.5 Å². The van der Waals surface area contributed by atoms with E-state index in [9.17, 15) is 5.11 Å². The average molecular weight is 334 g/mol. The van der Waals surface area contributed by atoms with Crippen molar-refractivity contribution in [2.24, 2.45) is 17.8 Å². The summed E-state index contributed by atoms with van der Waals surface area (Å²) in [6.07, 6.45) is 9.85. The number of rotatable bonds is 4. The smallest absolute Gasteiger partial charge is 0.126 e. The molecule has 0 heterocycles. The standard InChI is InChI=1S/C20H31O2P/c1-14-2-11-19(20(23)12-14)22-13-15-3-5-16(6-4-15)17-7-9-18(21)10-8-17/h2,11-12,15-18,21H,3-10,13,23H2,1H3. The Morgan fingerprint density at radius 2 is 1.61 bits per heavy atom. The minimum Gasteiger partial charge on any atom is -0.493 e. The van der Waals surface area contributed by atoms with Gasteiger partial charge in [0.2, 0.25) is 0 Å². The van der Waals surface area contributed by atoms with Crippen LogP contribution in [0.3, 0.4) is 0 Å². The molecule has 1 atom stereocenters. The van der Waals surface area contributed by atoms with Crippen molar-refractivity contribution in [1.82, 2.24) is 0 Å². The van der Waals surface area contributed by atoms with Crippen molar-refractivity contribution in [1.29, 1.82) is 0 Å². The first-order valence-electron chi connectivity index (χ1n) is 9.29. The number of hydrogen-bond donors (Lipinski definition) is 1. The van der Waals surface area contributed by atoms with Gasteiger partial charge in [0.15, 0.2) is 0 Å². The highest BCUT2D eigenvalue weighted by atomic mass is 31.0. The molecule has 1 aromatic rings. The highest BCUT2D eigenvalue weighted by Crippen LogP contribution is 2.40. The third kappa shape index (κ3) is 4.70. The second-order valence-corrected chi connectivity index (χ2v) is 8.32. The number of benzene rings is 1. The molecule has 2 saturated carbocycles. The summed E-state index contributed by atoms with van der Waals surface area (Å²) in [5.74, 6) is 3.50. The van der Waals surface area contributed by atoms with Gasteiger partial charge in [0, 0.05) is 5.30 Å². The summed E-state index contributed by atoms with van der Waals surface area (Å²) < 4.78 is 6.07. The molecule has 0 aliphatic heterocycles. The van der Waals surface area contributed by atoms with Crippen LogP contribution >= 0.6 is 9.24 Å². The molecule has 2 fully saturated rings. The molecular formula is C20H31O2P. The van der Waals surface area contributed by atoms with E-state index in [1.807, 2.05) is 0 Å². The Morgan fingerprint density at radius 1 is 1.00 bits per heavy atom. The maximum atomic E-state index is 9.67. The fraction of sp³-hybridized carbons (Fsp3) is 0.700. The predicted octanol–water partition coefficient (Wildman–Crippen LogP) is 4.23. The fourth-order valence-corrected chi connectivity index (χ4v) is 4.85. The van der Waals surface area contributed by atoms with Crippen molar-refractivity contribution >= 4 is 14.5 Å². The van der Waals surface area contributed by atoms with Gasteiger partial charge < -0.3 is 9.84 Å². The zero-order valence-corrected chi connectivity index (χ0v) is 15.5. The van der Waals surface area contributed by atoms with Gasteiger partial charge in [-0.1, -0.05) is 11.6 Å². The van der Waals surface area contributed by atoms with E-state index in [-0.39, 0.29) is 6.10 Å². The van der Waals surface area contributed by atoms with E-state index >= 15 is 0 Å². The summed E-state index contributed by atoms with van der Waals surface area (Å²) >= 11 is 0. The van der Waals surface area contributed by atoms with E-state index in [4.69, 9.17) is 4.74 Å². The largest absolute Gasteiger partial charge is 0.493 e. The van der Waals surface area contributed by atoms with Crippen LogP contribution in [0, 0.1) is 24.7 Å². The lowest BCUT2D eigenvalue weighted by atomic mass is 9.71. The normalized spacial score (nSPS) is 31.8. The SMILES string of the molecule is Cc1ccc(OCC2CCC(C3CCC(O)CC3)CC2)c(P)c1. The van der Waals surface area contributed by atoms with Crippen LogP contribution in [-0.2, 0) is 0 Å². The van der Waals surface area contributed by atoms with Gasteiger partial charge in [-0.05, 0) is 88.2 Å². The van der Waals surface area contributed by atoms with Gasteiger partial charge in [-0.2, -0.15) is 0 Å². The first-order chi connectivity index (χ1) is 11.1. The van der Waals surface area contributed by atoms with Crippen LogP contribution in [0.15, 0.2) is 18.2 Å². The third-order valence-electron chi connectivity index (χ3n) is 5.94. The predicted molar refractivity (Wildman–Crippen MR) is 99.4 cm³/mol. The first-order valence-corrected chi connectivity index (χ1v) is 9.86. The van der Waals surface area contributed by atoms with Gasteiger partial charge in [0.25, 0.3) is 0 Å². The molecule has 23 heavy (non-hydrogen) atoms. The maximum Gasteiger partial charge on any atom is 0.126 e. The molecule has 0 aromatic heterocycles. The van der Waals surface area contributed by atoms with E-state index < -0.39 is 0 Å². The van der Waals surface area contributed by atoms with Crippen molar-refractivity contribution in [3.63, 3.8) is 0 Å². The number of aliphatic hydroxyl groups excluding tert-OH is 1. The van der Waals surface area contributed by atoms with Crippen molar-refractivity contribution in [3.8, 4) is 5.75 Å². The van der Waals surface area contributed by atoms with Gasteiger partial charge in [0.1, 0.15) is 5.75 Å². The molecule has 1 N–H and O–H groups in total. The molecule has 128 valence electrons. The molecular weight excluding hydrogens is 303 g/mol. The van der Waals surface area contributed by atoms with Crippen LogP contribution in [0.5, 0.6) is 5.75 Å². The van der Waals surface area contributed by atoms with Crippen LogP contribution in [-0.4, -0.2) is 17.8 Å². The number of ether oxygens (including phenoxy) is 1. The van der Waals surface area contributed by atoms with Crippen molar-refractivity contribution in [2.75, 3.05) is 6.61 Å². The van der Waals surface area contributed by atoms with Gasteiger partial charge >= 0.3 is 0 Å². The lowest BCUT2D eigenvalue weighted by Crippen LogP contribution is -2.28. The van der Waals surface area contributed by atoms with Crippen LogP contribution in [0.4, 0.5) is 0 Å². The Bertz CT molecular complexity index is 500. The molecule has 0 amide bonds. The van der Waals surface area contributed by atoms with Crippen LogP contribution in [0.2, 0.25) is 0 Å². The number of aliphatic hydroxyl groups is 1. The van der Waals surface area contributed by atoms with E-state index in [1.165, 1.54) is 49.4 Å². The molecule has 0 radical (unpaired) electrons. The maximum absolute atomic E-state index is 9.67. The molecule has 1 unspecified atom stereocenters. The molecule has 0 spiro atoms. The molecule has 3 heteroatoms. The summed E-state index contributed by atoms with van der Waals surface area (Å²) in [5.41, 5.74) is 1.28. The minimum absolute atomic E-state index is 0.0217. The van der Waals surface area contributed by atoms with E-state index in [1.54, 1.807) is 0 Å². The zero-order chi connectivity index (χ0) is 16.2. The second kappa shape index (κ2) is 7.99. The van der Waals surface area contributed by atoms with Crippen LogP contribution < -0.4 is 10.0 Å². The summed E-state index contributed by atoms with van der Waals surface area (Å²) in [6, 6.07) is 6.38. The summed E-state index contributed by atoms with van der Waals surface area (Å²) in [5, 5.41) is 10.8. The van der Waals surface area contributed by atoms with Gasteiger partial charge in [0.05, 0.1) is 12.7 Å². The Morgan fingerprint density at radius 3 is 2.22 bits per heavy atom.